The van der Waals surface area contributed by atoms with E-state index in [1.807, 2.05) is 29.2 Å². The lowest BCUT2D eigenvalue weighted by Crippen LogP contribution is -2.31. The SMILES string of the molecule is O=S(=O)(O)C(CCCN1CCc2ccccc21)S(=O)(=O)O. The Balaban J connectivity index is 1.99. The molecule has 0 unspecified atom stereocenters. The van der Waals surface area contributed by atoms with Crippen molar-refractivity contribution in [2.75, 3.05) is 18.0 Å². The highest BCUT2D eigenvalue weighted by Gasteiger charge is 2.35. The van der Waals surface area contributed by atoms with E-state index in [2.05, 4.69) is 0 Å². The van der Waals surface area contributed by atoms with Crippen LogP contribution in [-0.4, -0.2) is 43.6 Å². The average molecular weight is 335 g/mol. The maximum Gasteiger partial charge on any atom is 0.284 e. The molecule has 0 saturated carbocycles. The zero-order valence-corrected chi connectivity index (χ0v) is 12.8. The van der Waals surface area contributed by atoms with Crippen molar-refractivity contribution in [2.24, 2.45) is 0 Å². The van der Waals surface area contributed by atoms with Crippen LogP contribution in [-0.2, 0) is 26.7 Å². The van der Waals surface area contributed by atoms with E-state index in [0.717, 1.165) is 18.7 Å². The van der Waals surface area contributed by atoms with E-state index in [1.54, 1.807) is 0 Å². The van der Waals surface area contributed by atoms with Crippen molar-refractivity contribution in [1.82, 2.24) is 0 Å². The summed E-state index contributed by atoms with van der Waals surface area (Å²) < 4.78 is 59.6. The first kappa shape index (κ1) is 16.2. The second-order valence-corrected chi connectivity index (χ2v) is 8.46. The number of para-hydroxylation sites is 1. The van der Waals surface area contributed by atoms with Gasteiger partial charge in [0.25, 0.3) is 20.2 Å². The van der Waals surface area contributed by atoms with Crippen LogP contribution < -0.4 is 4.90 Å². The smallest absolute Gasteiger partial charge is 0.284 e. The molecule has 0 bridgehead atoms. The van der Waals surface area contributed by atoms with Gasteiger partial charge < -0.3 is 4.90 Å². The number of hydrogen-bond donors (Lipinski definition) is 2. The third-order valence-corrected chi connectivity index (χ3v) is 6.78. The van der Waals surface area contributed by atoms with Crippen molar-refractivity contribution in [1.29, 1.82) is 0 Å². The summed E-state index contributed by atoms with van der Waals surface area (Å²) in [6.07, 6.45) is 0.755. The highest BCUT2D eigenvalue weighted by atomic mass is 32.3. The number of anilines is 1. The summed E-state index contributed by atoms with van der Waals surface area (Å²) in [5.74, 6) is 0. The van der Waals surface area contributed by atoms with Crippen LogP contribution in [0.5, 0.6) is 0 Å². The first-order valence-corrected chi connectivity index (χ1v) is 9.45. The van der Waals surface area contributed by atoms with Crippen LogP contribution in [0.1, 0.15) is 18.4 Å². The molecule has 1 aliphatic rings. The maximum atomic E-state index is 11.0. The fourth-order valence-electron chi connectivity index (χ4n) is 2.54. The third kappa shape index (κ3) is 3.94. The first-order chi connectivity index (χ1) is 9.69. The van der Waals surface area contributed by atoms with Crippen molar-refractivity contribution in [3.8, 4) is 0 Å². The van der Waals surface area contributed by atoms with Gasteiger partial charge in [-0.25, -0.2) is 0 Å². The molecule has 118 valence electrons. The van der Waals surface area contributed by atoms with Gasteiger partial charge in [0.2, 0.25) is 4.58 Å². The van der Waals surface area contributed by atoms with E-state index in [9.17, 15) is 16.8 Å². The molecule has 0 atom stereocenters. The zero-order valence-electron chi connectivity index (χ0n) is 11.2. The Kier molecular flexibility index (Phi) is 4.57. The standard InChI is InChI=1S/C12H17NO6S2/c14-20(15,16)12(21(17,18)19)6-3-8-13-9-7-10-4-1-2-5-11(10)13/h1-2,4-5,12H,3,6-9H2,(H,14,15,16)(H,17,18,19). The molecule has 2 rings (SSSR count). The Labute approximate surface area is 124 Å². The minimum Gasteiger partial charge on any atom is -0.371 e. The van der Waals surface area contributed by atoms with Gasteiger partial charge in [0.05, 0.1) is 0 Å². The highest BCUT2D eigenvalue weighted by Crippen LogP contribution is 2.27. The van der Waals surface area contributed by atoms with Crippen LogP contribution in [0.4, 0.5) is 5.69 Å². The molecule has 0 spiro atoms. The van der Waals surface area contributed by atoms with Gasteiger partial charge in [-0.05, 0) is 30.9 Å². The molecule has 1 aliphatic heterocycles. The Hall–Kier alpha value is -1.16. The van der Waals surface area contributed by atoms with E-state index in [0.29, 0.717) is 6.54 Å². The Morgan fingerprint density at radius 3 is 2.33 bits per heavy atom. The number of rotatable bonds is 6. The number of fused-ring (bicyclic) bond motifs is 1. The largest absolute Gasteiger partial charge is 0.371 e. The molecule has 0 aliphatic carbocycles. The van der Waals surface area contributed by atoms with Crippen molar-refractivity contribution in [3.05, 3.63) is 29.8 Å². The van der Waals surface area contributed by atoms with Crippen LogP contribution >= 0.6 is 0 Å². The molecule has 9 heteroatoms. The summed E-state index contributed by atoms with van der Waals surface area (Å²) in [4.78, 5) is 2.03. The van der Waals surface area contributed by atoms with Crippen molar-refractivity contribution in [2.45, 2.75) is 23.8 Å². The summed E-state index contributed by atoms with van der Waals surface area (Å²) in [5.41, 5.74) is 2.24. The number of hydrogen-bond acceptors (Lipinski definition) is 5. The number of nitrogens with zero attached hydrogens (tertiary/aromatic N) is 1. The molecule has 0 radical (unpaired) electrons. The highest BCUT2D eigenvalue weighted by molar-refractivity contribution is 8.03. The van der Waals surface area contributed by atoms with E-state index >= 15 is 0 Å². The lowest BCUT2D eigenvalue weighted by atomic mass is 10.2. The van der Waals surface area contributed by atoms with Crippen LogP contribution in [0, 0.1) is 0 Å². The summed E-state index contributed by atoms with van der Waals surface area (Å²) in [7, 11) is -9.67. The quantitative estimate of drug-likeness (QED) is 0.744. The molecular weight excluding hydrogens is 318 g/mol. The predicted octanol–water partition coefficient (Wildman–Crippen LogP) is 0.931. The summed E-state index contributed by atoms with van der Waals surface area (Å²) in [6, 6.07) is 7.80. The average Bonchev–Trinajstić information content (AvgIpc) is 2.75. The van der Waals surface area contributed by atoms with Crippen LogP contribution in [0.3, 0.4) is 0 Å². The molecule has 0 amide bonds. The lowest BCUT2D eigenvalue weighted by molar-refractivity contribution is 0.448. The zero-order chi connectivity index (χ0) is 15.7. The Morgan fingerprint density at radius 2 is 1.71 bits per heavy atom. The van der Waals surface area contributed by atoms with E-state index in [1.165, 1.54) is 5.56 Å². The van der Waals surface area contributed by atoms with Gasteiger partial charge in [-0.15, -0.1) is 0 Å². The van der Waals surface area contributed by atoms with Gasteiger partial charge >= 0.3 is 0 Å². The minimum absolute atomic E-state index is 0.221. The molecule has 2 N–H and O–H groups in total. The molecule has 1 aromatic carbocycles. The molecule has 21 heavy (non-hydrogen) atoms. The van der Waals surface area contributed by atoms with Gasteiger partial charge in [0.1, 0.15) is 0 Å². The Bertz CT molecular complexity index is 681. The van der Waals surface area contributed by atoms with Crippen molar-refractivity contribution < 1.29 is 25.9 Å². The van der Waals surface area contributed by atoms with Crippen LogP contribution in [0.15, 0.2) is 24.3 Å². The second kappa shape index (κ2) is 5.91. The van der Waals surface area contributed by atoms with Gasteiger partial charge in [-0.3, -0.25) is 9.11 Å². The van der Waals surface area contributed by atoms with E-state index < -0.39 is 24.8 Å². The fourth-order valence-corrected chi connectivity index (χ4v) is 4.70. The van der Waals surface area contributed by atoms with Crippen LogP contribution in [0.25, 0.3) is 0 Å². The molecule has 0 fully saturated rings. The Morgan fingerprint density at radius 1 is 1.10 bits per heavy atom. The fraction of sp³-hybridized carbons (Fsp3) is 0.500. The molecule has 7 nitrogen and oxygen atoms in total. The van der Waals surface area contributed by atoms with Crippen LogP contribution in [0.2, 0.25) is 0 Å². The molecular formula is C12H17NO6S2. The van der Waals surface area contributed by atoms with E-state index in [4.69, 9.17) is 9.11 Å². The van der Waals surface area contributed by atoms with Gasteiger partial charge in [-0.2, -0.15) is 16.8 Å². The lowest BCUT2D eigenvalue weighted by Gasteiger charge is -2.20. The topological polar surface area (TPSA) is 112 Å². The van der Waals surface area contributed by atoms with E-state index in [-0.39, 0.29) is 12.8 Å². The molecule has 0 aromatic heterocycles. The van der Waals surface area contributed by atoms with Crippen molar-refractivity contribution in [3.63, 3.8) is 0 Å². The van der Waals surface area contributed by atoms with Gasteiger partial charge in [0.15, 0.2) is 0 Å². The third-order valence-electron chi connectivity index (χ3n) is 3.52. The predicted molar refractivity (Wildman–Crippen MR) is 78.5 cm³/mol. The summed E-state index contributed by atoms with van der Waals surface area (Å²) >= 11 is 0. The molecule has 0 saturated heterocycles. The summed E-state index contributed by atoms with van der Waals surface area (Å²) in [5, 5.41) is 0. The monoisotopic (exact) mass is 335 g/mol. The maximum absolute atomic E-state index is 11.0. The first-order valence-electron chi connectivity index (χ1n) is 6.45. The normalized spacial score (nSPS) is 15.5. The van der Waals surface area contributed by atoms with Gasteiger partial charge in [-0.1, -0.05) is 18.2 Å². The minimum atomic E-state index is -4.84. The number of benzene rings is 1. The second-order valence-electron chi connectivity index (χ2n) is 4.97. The van der Waals surface area contributed by atoms with Crippen molar-refractivity contribution >= 4 is 25.9 Å². The summed E-state index contributed by atoms with van der Waals surface area (Å²) in [6.45, 7) is 1.24. The van der Waals surface area contributed by atoms with Gasteiger partial charge in [0, 0.05) is 18.8 Å². The molecule has 1 aromatic rings. The molecule has 1 heterocycles.